The predicted octanol–water partition coefficient (Wildman–Crippen LogP) is -1.28. The highest BCUT2D eigenvalue weighted by Crippen LogP contribution is 2.17. The minimum Gasteiger partial charge on any atom is -0.378 e. The van der Waals surface area contributed by atoms with Gasteiger partial charge in [-0.15, -0.1) is 0 Å². The highest BCUT2D eigenvalue weighted by molar-refractivity contribution is 5.82. The smallest absolute Gasteiger partial charge is 0.323 e. The molecule has 0 aromatic rings. The third kappa shape index (κ3) is 3.78. The molecule has 0 aromatic heterocycles. The number of likely N-dealkylation sites (N-methyl/N-ethyl adjacent to an activating group) is 2. The number of carbonyl (C=O) groups is 3. The van der Waals surface area contributed by atoms with Gasteiger partial charge in [0.05, 0.1) is 26.4 Å². The van der Waals surface area contributed by atoms with Crippen molar-refractivity contribution in [2.75, 3.05) is 66.7 Å². The maximum Gasteiger partial charge on any atom is 0.323 e. The predicted molar refractivity (Wildman–Crippen MR) is 90.3 cm³/mol. The number of carbonyl (C=O) groups excluding carboxylic acids is 3. The van der Waals surface area contributed by atoms with E-state index in [4.69, 9.17) is 9.47 Å². The van der Waals surface area contributed by atoms with Crippen molar-refractivity contribution in [1.82, 2.24) is 30.2 Å². The van der Waals surface area contributed by atoms with Crippen LogP contribution < -0.4 is 10.6 Å². The Kier molecular flexibility index (Phi) is 5.67. The van der Waals surface area contributed by atoms with Crippen LogP contribution in [-0.2, 0) is 9.47 Å². The topological polar surface area (TPSA) is 107 Å². The molecule has 3 heterocycles. The summed E-state index contributed by atoms with van der Waals surface area (Å²) in [5, 5.41) is 5.71. The molecule has 11 nitrogen and oxygen atoms in total. The van der Waals surface area contributed by atoms with E-state index in [9.17, 15) is 14.4 Å². The number of morpholine rings is 2. The molecule has 0 aliphatic carbocycles. The van der Waals surface area contributed by atoms with Gasteiger partial charge in [0.1, 0.15) is 12.3 Å². The van der Waals surface area contributed by atoms with Crippen LogP contribution in [0.3, 0.4) is 0 Å². The molecule has 3 rings (SSSR count). The van der Waals surface area contributed by atoms with Gasteiger partial charge in [0.25, 0.3) is 0 Å². The minimum atomic E-state index is -0.659. The first kappa shape index (κ1) is 18.5. The molecule has 2 N–H and O–H groups in total. The second-order valence-electron chi connectivity index (χ2n) is 6.49. The Bertz CT molecular complexity index is 503. The van der Waals surface area contributed by atoms with Crippen LogP contribution in [0, 0.1) is 0 Å². The molecule has 0 aromatic carbocycles. The van der Waals surface area contributed by atoms with Crippen LogP contribution in [0.2, 0.25) is 0 Å². The van der Waals surface area contributed by atoms with Gasteiger partial charge < -0.3 is 39.7 Å². The number of hydrogen-bond acceptors (Lipinski definition) is 5. The van der Waals surface area contributed by atoms with E-state index in [-0.39, 0.29) is 18.1 Å². The molecule has 3 aliphatic heterocycles. The van der Waals surface area contributed by atoms with E-state index in [1.165, 1.54) is 9.80 Å². The highest BCUT2D eigenvalue weighted by atomic mass is 16.5. The number of amides is 6. The SMILES string of the molecule is CN1C(=O)N(C)[C@H](NC(=O)N2CCOCC2)[C@H]1NC(=O)N1CCOCC1. The first-order chi connectivity index (χ1) is 12.5. The van der Waals surface area contributed by atoms with Gasteiger partial charge in [0.15, 0.2) is 0 Å². The summed E-state index contributed by atoms with van der Waals surface area (Å²) in [7, 11) is 3.20. The normalized spacial score (nSPS) is 26.9. The molecule has 0 bridgehead atoms. The highest BCUT2D eigenvalue weighted by Gasteiger charge is 2.44. The van der Waals surface area contributed by atoms with Crippen LogP contribution in [0.1, 0.15) is 0 Å². The third-order valence-electron chi connectivity index (χ3n) is 4.88. The van der Waals surface area contributed by atoms with Crippen molar-refractivity contribution in [2.24, 2.45) is 0 Å². The molecule has 26 heavy (non-hydrogen) atoms. The first-order valence-corrected chi connectivity index (χ1v) is 8.75. The molecule has 11 heteroatoms. The Labute approximate surface area is 152 Å². The van der Waals surface area contributed by atoms with E-state index in [2.05, 4.69) is 10.6 Å². The van der Waals surface area contributed by atoms with E-state index in [0.717, 1.165) is 0 Å². The van der Waals surface area contributed by atoms with E-state index in [1.54, 1.807) is 23.9 Å². The van der Waals surface area contributed by atoms with Crippen LogP contribution in [0.25, 0.3) is 0 Å². The van der Waals surface area contributed by atoms with Crippen LogP contribution >= 0.6 is 0 Å². The molecule has 146 valence electrons. The van der Waals surface area contributed by atoms with Crippen LogP contribution in [0.15, 0.2) is 0 Å². The number of ether oxygens (including phenoxy) is 2. The molecule has 0 spiro atoms. The van der Waals surface area contributed by atoms with Gasteiger partial charge in [0, 0.05) is 40.3 Å². The van der Waals surface area contributed by atoms with Gasteiger partial charge >= 0.3 is 18.1 Å². The summed E-state index contributed by atoms with van der Waals surface area (Å²) < 4.78 is 10.5. The maximum absolute atomic E-state index is 12.5. The number of urea groups is 3. The van der Waals surface area contributed by atoms with Crippen molar-refractivity contribution in [3.05, 3.63) is 0 Å². The first-order valence-electron chi connectivity index (χ1n) is 8.75. The zero-order chi connectivity index (χ0) is 18.7. The molecule has 3 fully saturated rings. The average Bonchev–Trinajstić information content (AvgIpc) is 2.87. The standard InChI is InChI=1S/C15H26N6O5/c1-18-11(16-13(22)20-3-7-25-8-4-20)12(19(2)15(18)24)17-14(23)21-5-9-26-10-6-21/h11-12H,3-10H2,1-2H3,(H,16,22)(H,17,23)/t11-,12-/m0/s1. The zero-order valence-corrected chi connectivity index (χ0v) is 15.1. The van der Waals surface area contributed by atoms with Crippen molar-refractivity contribution in [2.45, 2.75) is 12.3 Å². The summed E-state index contributed by atoms with van der Waals surface area (Å²) in [6.07, 6.45) is -1.32. The Balaban J connectivity index is 1.65. The number of rotatable bonds is 2. The molecular weight excluding hydrogens is 344 g/mol. The van der Waals surface area contributed by atoms with E-state index >= 15 is 0 Å². The van der Waals surface area contributed by atoms with Crippen molar-refractivity contribution in [3.63, 3.8) is 0 Å². The largest absolute Gasteiger partial charge is 0.378 e. The molecule has 3 aliphatic rings. The third-order valence-corrected chi connectivity index (χ3v) is 4.88. The van der Waals surface area contributed by atoms with Gasteiger partial charge in [-0.25, -0.2) is 14.4 Å². The van der Waals surface area contributed by atoms with Crippen molar-refractivity contribution in [3.8, 4) is 0 Å². The summed E-state index contributed by atoms with van der Waals surface area (Å²) in [5.74, 6) is 0. The molecular formula is C15H26N6O5. The summed E-state index contributed by atoms with van der Waals surface area (Å²) in [6.45, 7) is 3.95. The van der Waals surface area contributed by atoms with E-state index in [1.807, 2.05) is 0 Å². The quantitative estimate of drug-likeness (QED) is 0.630. The summed E-state index contributed by atoms with van der Waals surface area (Å²) in [4.78, 5) is 43.5. The van der Waals surface area contributed by atoms with Gasteiger partial charge in [-0.2, -0.15) is 0 Å². The van der Waals surface area contributed by atoms with E-state index in [0.29, 0.717) is 52.6 Å². The Morgan fingerprint density at radius 3 is 1.50 bits per heavy atom. The molecule has 2 atom stereocenters. The second kappa shape index (κ2) is 7.96. The minimum absolute atomic E-state index is 0.274. The fourth-order valence-corrected chi connectivity index (χ4v) is 3.23. The fraction of sp³-hybridized carbons (Fsp3) is 0.800. The Hall–Kier alpha value is -2.27. The molecule has 0 unspecified atom stereocenters. The Morgan fingerprint density at radius 1 is 0.808 bits per heavy atom. The van der Waals surface area contributed by atoms with Crippen LogP contribution in [-0.4, -0.2) is 117 Å². The molecule has 6 amide bonds. The number of nitrogens with zero attached hydrogens (tertiary/aromatic N) is 4. The lowest BCUT2D eigenvalue weighted by Gasteiger charge is -2.33. The second-order valence-corrected chi connectivity index (χ2v) is 6.49. The lowest BCUT2D eigenvalue weighted by molar-refractivity contribution is 0.0479. The number of nitrogens with one attached hydrogen (secondary N) is 2. The van der Waals surface area contributed by atoms with Crippen LogP contribution in [0.5, 0.6) is 0 Å². The van der Waals surface area contributed by atoms with Gasteiger partial charge in [-0.3, -0.25) is 0 Å². The van der Waals surface area contributed by atoms with Gasteiger partial charge in [-0.05, 0) is 0 Å². The monoisotopic (exact) mass is 370 g/mol. The molecule has 0 radical (unpaired) electrons. The van der Waals surface area contributed by atoms with Gasteiger partial charge in [0.2, 0.25) is 0 Å². The van der Waals surface area contributed by atoms with E-state index < -0.39 is 12.3 Å². The fourth-order valence-electron chi connectivity index (χ4n) is 3.23. The van der Waals surface area contributed by atoms with Crippen molar-refractivity contribution in [1.29, 1.82) is 0 Å². The van der Waals surface area contributed by atoms with Crippen molar-refractivity contribution >= 4 is 18.1 Å². The summed E-state index contributed by atoms with van der Waals surface area (Å²) in [6, 6.07) is -0.831. The summed E-state index contributed by atoms with van der Waals surface area (Å²) in [5.41, 5.74) is 0. The summed E-state index contributed by atoms with van der Waals surface area (Å²) >= 11 is 0. The molecule has 3 saturated heterocycles. The molecule has 0 saturated carbocycles. The van der Waals surface area contributed by atoms with Crippen molar-refractivity contribution < 1.29 is 23.9 Å². The average molecular weight is 370 g/mol. The maximum atomic E-state index is 12.5. The van der Waals surface area contributed by atoms with Gasteiger partial charge in [-0.1, -0.05) is 0 Å². The zero-order valence-electron chi connectivity index (χ0n) is 15.1. The number of hydrogen-bond donors (Lipinski definition) is 2. The van der Waals surface area contributed by atoms with Crippen LogP contribution in [0.4, 0.5) is 14.4 Å². The lowest BCUT2D eigenvalue weighted by Crippen LogP contribution is -2.61. The Morgan fingerprint density at radius 2 is 1.15 bits per heavy atom. The lowest BCUT2D eigenvalue weighted by atomic mass is 10.3.